The Morgan fingerprint density at radius 1 is 0.769 bits per heavy atom. The maximum Gasteiger partial charge on any atom is 0.417 e. The minimum Gasteiger partial charge on any atom is -0.328 e. The second-order valence-electron chi connectivity index (χ2n) is 8.11. The van der Waals surface area contributed by atoms with Crippen LogP contribution in [0.15, 0.2) is 60.7 Å². The van der Waals surface area contributed by atoms with Crippen molar-refractivity contribution in [2.75, 3.05) is 29.5 Å². The van der Waals surface area contributed by atoms with Gasteiger partial charge in [0.15, 0.2) is 0 Å². The number of hydrogen-bond donors (Lipinski definition) is 3. The van der Waals surface area contributed by atoms with Crippen LogP contribution in [-0.2, 0) is 6.18 Å². The van der Waals surface area contributed by atoms with Crippen molar-refractivity contribution in [3.05, 3.63) is 86.3 Å². The van der Waals surface area contributed by atoms with E-state index in [1.165, 1.54) is 6.07 Å². The minimum absolute atomic E-state index is 0.0248. The van der Waals surface area contributed by atoms with Crippen LogP contribution in [0.5, 0.6) is 0 Å². The highest BCUT2D eigenvalue weighted by Crippen LogP contribution is 2.36. The number of nitrogens with zero attached hydrogens (tertiary/aromatic N) is 1. The van der Waals surface area contributed by atoms with E-state index in [1.54, 1.807) is 54.4 Å². The summed E-state index contributed by atoms with van der Waals surface area (Å²) in [5.41, 5.74) is 0.0568. The number of hydrogen-bond acceptors (Lipinski definition) is 2. The van der Waals surface area contributed by atoms with Crippen molar-refractivity contribution in [2.45, 2.75) is 25.9 Å². The molecule has 0 radical (unpaired) electrons. The van der Waals surface area contributed by atoms with Crippen molar-refractivity contribution in [1.29, 1.82) is 0 Å². The molecule has 0 aromatic heterocycles. The van der Waals surface area contributed by atoms with E-state index in [-0.39, 0.29) is 11.7 Å². The Balaban J connectivity index is 0.000000283. The van der Waals surface area contributed by atoms with Gasteiger partial charge in [-0.2, -0.15) is 13.2 Å². The number of anilines is 3. The number of urea groups is 2. The molecule has 3 N–H and O–H groups in total. The van der Waals surface area contributed by atoms with Crippen molar-refractivity contribution in [3.63, 3.8) is 0 Å². The highest BCUT2D eigenvalue weighted by molar-refractivity contribution is 6.42. The molecule has 3 rings (SSSR count). The van der Waals surface area contributed by atoms with Gasteiger partial charge < -0.3 is 20.9 Å². The van der Waals surface area contributed by atoms with Crippen molar-refractivity contribution in [1.82, 2.24) is 4.90 Å². The van der Waals surface area contributed by atoms with Crippen LogP contribution in [0, 0.1) is 0 Å². The number of benzene rings is 3. The zero-order valence-corrected chi connectivity index (χ0v) is 23.8. The Morgan fingerprint density at radius 2 is 1.31 bits per heavy atom. The molecule has 3 aromatic carbocycles. The summed E-state index contributed by atoms with van der Waals surface area (Å²) in [5, 5.41) is 8.50. The molecule has 210 valence electrons. The van der Waals surface area contributed by atoms with E-state index < -0.39 is 22.8 Å². The molecule has 0 fully saturated rings. The fourth-order valence-corrected chi connectivity index (χ4v) is 3.59. The first-order valence-corrected chi connectivity index (χ1v) is 13.0. The Morgan fingerprint density at radius 3 is 1.87 bits per heavy atom. The van der Waals surface area contributed by atoms with Gasteiger partial charge in [0, 0.05) is 35.7 Å². The van der Waals surface area contributed by atoms with E-state index >= 15 is 0 Å². The lowest BCUT2D eigenvalue weighted by Gasteiger charge is -2.17. The molecule has 0 atom stereocenters. The lowest BCUT2D eigenvalue weighted by molar-refractivity contribution is -0.137. The zero-order chi connectivity index (χ0) is 29.2. The van der Waals surface area contributed by atoms with Gasteiger partial charge in [-0.1, -0.05) is 59.7 Å². The van der Waals surface area contributed by atoms with E-state index in [1.807, 2.05) is 0 Å². The van der Waals surface area contributed by atoms with E-state index in [0.717, 1.165) is 31.5 Å². The van der Waals surface area contributed by atoms with Gasteiger partial charge in [-0.05, 0) is 67.1 Å². The zero-order valence-electron chi connectivity index (χ0n) is 20.8. The fraction of sp³-hybridized carbons (Fsp3) is 0.231. The van der Waals surface area contributed by atoms with Crippen molar-refractivity contribution < 1.29 is 22.8 Å². The van der Waals surface area contributed by atoms with Crippen molar-refractivity contribution >= 4 is 75.5 Å². The molecule has 13 heteroatoms. The number of nitrogens with one attached hydrogen (secondary N) is 3. The largest absolute Gasteiger partial charge is 0.417 e. The predicted molar refractivity (Wildman–Crippen MR) is 154 cm³/mol. The van der Waals surface area contributed by atoms with Crippen LogP contribution >= 0.6 is 46.4 Å². The normalized spacial score (nSPS) is 10.7. The average molecular weight is 624 g/mol. The Kier molecular flexibility index (Phi) is 12.5. The topological polar surface area (TPSA) is 73.5 Å². The van der Waals surface area contributed by atoms with Gasteiger partial charge in [0.2, 0.25) is 0 Å². The number of amides is 4. The molecule has 0 spiro atoms. The van der Waals surface area contributed by atoms with E-state index in [2.05, 4.69) is 22.9 Å². The molecule has 0 aliphatic rings. The smallest absolute Gasteiger partial charge is 0.328 e. The molecule has 3 aromatic rings. The first-order valence-electron chi connectivity index (χ1n) is 11.5. The molecular weight excluding hydrogens is 599 g/mol. The summed E-state index contributed by atoms with van der Waals surface area (Å²) in [4.78, 5) is 25.1. The molecule has 0 saturated carbocycles. The van der Waals surface area contributed by atoms with Gasteiger partial charge in [-0.15, -0.1) is 0 Å². The van der Waals surface area contributed by atoms with Crippen LogP contribution in [0.4, 0.5) is 39.8 Å². The van der Waals surface area contributed by atoms with Crippen LogP contribution < -0.4 is 16.0 Å². The van der Waals surface area contributed by atoms with Crippen LogP contribution in [0.25, 0.3) is 0 Å². The highest BCUT2D eigenvalue weighted by atomic mass is 35.5. The maximum atomic E-state index is 12.7. The third-order valence-electron chi connectivity index (χ3n) is 5.00. The lowest BCUT2D eigenvalue weighted by atomic mass is 10.2. The molecule has 0 saturated heterocycles. The summed E-state index contributed by atoms with van der Waals surface area (Å²) in [6, 6.07) is 13.6. The van der Waals surface area contributed by atoms with Gasteiger partial charge in [0.1, 0.15) is 0 Å². The quantitative estimate of drug-likeness (QED) is 0.256. The average Bonchev–Trinajstić information content (AvgIpc) is 2.87. The standard InChI is InChI=1S/C14H9Cl2F3N2O.C12H16Cl2N2O/c15-8-1-3-9(4-2-8)20-13(22)21-10-5-6-12(16)11(7-10)14(17,18)19;1-3-4-7-16(2)12(17)15-9-5-6-10(13)11(14)8-9/h1-7H,(H2,20,21,22);5-6,8H,3-4,7H2,1-2H3,(H,15,17). The number of halogens is 7. The van der Waals surface area contributed by atoms with Crippen LogP contribution in [0.2, 0.25) is 20.1 Å². The Labute approximate surface area is 244 Å². The Bertz CT molecular complexity index is 1280. The number of carbonyl (C=O) groups is 2. The summed E-state index contributed by atoms with van der Waals surface area (Å²) in [6.45, 7) is 2.83. The third kappa shape index (κ3) is 11.0. The molecule has 0 aliphatic heterocycles. The summed E-state index contributed by atoms with van der Waals surface area (Å²) in [5.74, 6) is 0. The van der Waals surface area contributed by atoms with Crippen molar-refractivity contribution in [2.24, 2.45) is 0 Å². The minimum atomic E-state index is -4.60. The predicted octanol–water partition coefficient (Wildman–Crippen LogP) is 9.91. The first kappa shape index (κ1) is 32.4. The fourth-order valence-electron chi connectivity index (χ4n) is 2.94. The molecule has 0 unspecified atom stereocenters. The Hall–Kier alpha value is -2.85. The summed E-state index contributed by atoms with van der Waals surface area (Å²) < 4.78 is 38.2. The van der Waals surface area contributed by atoms with Crippen LogP contribution in [-0.4, -0.2) is 30.6 Å². The molecule has 0 heterocycles. The molecule has 0 bridgehead atoms. The van der Waals surface area contributed by atoms with Gasteiger partial charge in [0.05, 0.1) is 20.6 Å². The summed E-state index contributed by atoms with van der Waals surface area (Å²) in [7, 11) is 1.77. The van der Waals surface area contributed by atoms with Crippen LogP contribution in [0.1, 0.15) is 25.3 Å². The number of alkyl halides is 3. The second-order valence-corrected chi connectivity index (χ2v) is 9.77. The van der Waals surface area contributed by atoms with E-state index in [0.29, 0.717) is 26.4 Å². The molecule has 0 aliphatic carbocycles. The maximum absolute atomic E-state index is 12.7. The van der Waals surface area contributed by atoms with E-state index in [4.69, 9.17) is 46.4 Å². The first-order chi connectivity index (χ1) is 18.3. The SMILES string of the molecule is CCCCN(C)C(=O)Nc1ccc(Cl)c(Cl)c1.O=C(Nc1ccc(Cl)cc1)Nc1ccc(Cl)c(C(F)(F)F)c1. The second kappa shape index (κ2) is 15.1. The highest BCUT2D eigenvalue weighted by Gasteiger charge is 2.33. The molecule has 39 heavy (non-hydrogen) atoms. The molecule has 6 nitrogen and oxygen atoms in total. The molecular formula is C26H25Cl4F3N4O2. The lowest BCUT2D eigenvalue weighted by Crippen LogP contribution is -2.32. The monoisotopic (exact) mass is 622 g/mol. The molecule has 4 amide bonds. The number of carbonyl (C=O) groups excluding carboxylic acids is 2. The van der Waals surface area contributed by atoms with Gasteiger partial charge in [-0.25, -0.2) is 9.59 Å². The summed E-state index contributed by atoms with van der Waals surface area (Å²) in [6.07, 6.45) is -2.54. The van der Waals surface area contributed by atoms with Gasteiger partial charge in [0.25, 0.3) is 0 Å². The number of rotatable bonds is 6. The number of unbranched alkanes of at least 4 members (excludes halogenated alkanes) is 1. The summed E-state index contributed by atoms with van der Waals surface area (Å²) >= 11 is 22.9. The third-order valence-corrected chi connectivity index (χ3v) is 6.32. The van der Waals surface area contributed by atoms with Crippen molar-refractivity contribution in [3.8, 4) is 0 Å². The van der Waals surface area contributed by atoms with Gasteiger partial charge in [-0.3, -0.25) is 0 Å². The van der Waals surface area contributed by atoms with Crippen LogP contribution in [0.3, 0.4) is 0 Å². The van der Waals surface area contributed by atoms with Gasteiger partial charge >= 0.3 is 18.2 Å². The van der Waals surface area contributed by atoms with E-state index in [9.17, 15) is 22.8 Å².